The van der Waals surface area contributed by atoms with E-state index in [1.807, 2.05) is 37.5 Å². The van der Waals surface area contributed by atoms with Crippen molar-refractivity contribution in [2.75, 3.05) is 0 Å². The molecule has 0 saturated heterocycles. The van der Waals surface area contributed by atoms with Crippen molar-refractivity contribution in [2.45, 2.75) is 6.61 Å². The van der Waals surface area contributed by atoms with Crippen molar-refractivity contribution in [3.63, 3.8) is 0 Å². The first-order chi connectivity index (χ1) is 7.81. The largest absolute Gasteiger partial charge is 0.392 e. The molecule has 0 amide bonds. The van der Waals surface area contributed by atoms with Gasteiger partial charge in [-0.3, -0.25) is 4.98 Å². The van der Waals surface area contributed by atoms with Crippen LogP contribution < -0.4 is 0 Å². The SMILES string of the molecule is Cn1c2ccncc2c2ccc(CO)cc21. The Balaban J connectivity index is 2.51. The molecule has 80 valence electrons. The summed E-state index contributed by atoms with van der Waals surface area (Å²) in [6.07, 6.45) is 3.68. The van der Waals surface area contributed by atoms with Crippen molar-refractivity contribution in [3.8, 4) is 0 Å². The molecule has 2 heterocycles. The lowest BCUT2D eigenvalue weighted by Gasteiger charge is -1.99. The van der Waals surface area contributed by atoms with Crippen LogP contribution in [0.3, 0.4) is 0 Å². The highest BCUT2D eigenvalue weighted by molar-refractivity contribution is 6.07. The second kappa shape index (κ2) is 3.32. The lowest BCUT2D eigenvalue weighted by Crippen LogP contribution is -1.88. The third-order valence-corrected chi connectivity index (χ3v) is 3.06. The number of hydrogen-bond acceptors (Lipinski definition) is 2. The van der Waals surface area contributed by atoms with Gasteiger partial charge in [-0.05, 0) is 17.7 Å². The van der Waals surface area contributed by atoms with Crippen LogP contribution in [0.1, 0.15) is 5.56 Å². The van der Waals surface area contributed by atoms with E-state index in [-0.39, 0.29) is 6.61 Å². The Labute approximate surface area is 93.0 Å². The van der Waals surface area contributed by atoms with E-state index in [9.17, 15) is 0 Å². The summed E-state index contributed by atoms with van der Waals surface area (Å²) < 4.78 is 2.13. The number of aliphatic hydroxyl groups excluding tert-OH is 1. The third-order valence-electron chi connectivity index (χ3n) is 3.06. The standard InChI is InChI=1S/C13H12N2O/c1-15-12-4-5-14-7-11(12)10-3-2-9(8-16)6-13(10)15/h2-7,16H,8H2,1H3. The highest BCUT2D eigenvalue weighted by Crippen LogP contribution is 2.27. The lowest BCUT2D eigenvalue weighted by molar-refractivity contribution is 0.282. The van der Waals surface area contributed by atoms with Crippen molar-refractivity contribution in [3.05, 3.63) is 42.2 Å². The van der Waals surface area contributed by atoms with E-state index in [1.54, 1.807) is 6.20 Å². The van der Waals surface area contributed by atoms with E-state index in [0.717, 1.165) is 16.5 Å². The van der Waals surface area contributed by atoms with Crippen LogP contribution in [-0.2, 0) is 13.7 Å². The normalized spacial score (nSPS) is 11.4. The summed E-state index contributed by atoms with van der Waals surface area (Å²) in [5, 5.41) is 11.5. The Kier molecular flexibility index (Phi) is 1.94. The van der Waals surface area contributed by atoms with Gasteiger partial charge >= 0.3 is 0 Å². The summed E-state index contributed by atoms with van der Waals surface area (Å²) in [7, 11) is 2.03. The van der Waals surface area contributed by atoms with Crippen molar-refractivity contribution in [1.82, 2.24) is 9.55 Å². The number of fused-ring (bicyclic) bond motifs is 3. The number of aromatic nitrogens is 2. The van der Waals surface area contributed by atoms with Gasteiger partial charge in [0, 0.05) is 35.7 Å². The van der Waals surface area contributed by atoms with E-state index >= 15 is 0 Å². The van der Waals surface area contributed by atoms with E-state index < -0.39 is 0 Å². The fourth-order valence-corrected chi connectivity index (χ4v) is 2.20. The smallest absolute Gasteiger partial charge is 0.0682 e. The molecule has 2 aromatic heterocycles. The summed E-state index contributed by atoms with van der Waals surface area (Å²) in [5.74, 6) is 0. The summed E-state index contributed by atoms with van der Waals surface area (Å²) >= 11 is 0. The van der Waals surface area contributed by atoms with Gasteiger partial charge < -0.3 is 9.67 Å². The maximum Gasteiger partial charge on any atom is 0.0682 e. The molecule has 1 aromatic carbocycles. The fraction of sp³-hybridized carbons (Fsp3) is 0.154. The minimum Gasteiger partial charge on any atom is -0.392 e. The number of aryl methyl sites for hydroxylation is 1. The number of nitrogens with zero attached hydrogens (tertiary/aromatic N) is 2. The van der Waals surface area contributed by atoms with Crippen LogP contribution in [0.25, 0.3) is 21.8 Å². The quantitative estimate of drug-likeness (QED) is 0.671. The molecule has 0 bridgehead atoms. The van der Waals surface area contributed by atoms with Crippen molar-refractivity contribution < 1.29 is 5.11 Å². The van der Waals surface area contributed by atoms with E-state index in [1.165, 1.54) is 10.9 Å². The molecular weight excluding hydrogens is 200 g/mol. The van der Waals surface area contributed by atoms with Gasteiger partial charge in [0.2, 0.25) is 0 Å². The van der Waals surface area contributed by atoms with Gasteiger partial charge in [0.25, 0.3) is 0 Å². The molecule has 1 N–H and O–H groups in total. The molecule has 3 heteroatoms. The van der Waals surface area contributed by atoms with Crippen LogP contribution in [0.15, 0.2) is 36.7 Å². The molecule has 3 aromatic rings. The second-order valence-corrected chi connectivity index (χ2v) is 3.96. The molecule has 0 fully saturated rings. The molecule has 0 saturated carbocycles. The second-order valence-electron chi connectivity index (χ2n) is 3.96. The van der Waals surface area contributed by atoms with E-state index in [0.29, 0.717) is 0 Å². The average molecular weight is 212 g/mol. The molecule has 0 unspecified atom stereocenters. The average Bonchev–Trinajstić information content (AvgIpc) is 2.64. The summed E-state index contributed by atoms with van der Waals surface area (Å²) in [6.45, 7) is 0.0791. The van der Waals surface area contributed by atoms with E-state index in [4.69, 9.17) is 5.11 Å². The summed E-state index contributed by atoms with van der Waals surface area (Å²) in [6, 6.07) is 8.03. The van der Waals surface area contributed by atoms with Gasteiger partial charge in [-0.2, -0.15) is 0 Å². The molecule has 0 aliphatic carbocycles. The lowest BCUT2D eigenvalue weighted by atomic mass is 10.1. The van der Waals surface area contributed by atoms with Gasteiger partial charge in [0.15, 0.2) is 0 Å². The summed E-state index contributed by atoms with van der Waals surface area (Å²) in [5.41, 5.74) is 3.24. The maximum absolute atomic E-state index is 9.14. The predicted octanol–water partition coefficient (Wildman–Crippen LogP) is 2.22. The molecule has 0 aliphatic rings. The predicted molar refractivity (Wildman–Crippen MR) is 64.1 cm³/mol. The number of benzene rings is 1. The minimum atomic E-state index is 0.0791. The van der Waals surface area contributed by atoms with Crippen molar-refractivity contribution >= 4 is 21.8 Å². The Morgan fingerprint density at radius 3 is 2.88 bits per heavy atom. The topological polar surface area (TPSA) is 38.0 Å². The first-order valence-electron chi connectivity index (χ1n) is 5.23. The highest BCUT2D eigenvalue weighted by Gasteiger charge is 2.07. The van der Waals surface area contributed by atoms with Crippen LogP contribution in [0.2, 0.25) is 0 Å². The minimum absolute atomic E-state index is 0.0791. The zero-order valence-corrected chi connectivity index (χ0v) is 9.01. The zero-order valence-electron chi connectivity index (χ0n) is 9.01. The highest BCUT2D eigenvalue weighted by atomic mass is 16.3. The number of hydrogen-bond donors (Lipinski definition) is 1. The van der Waals surface area contributed by atoms with Crippen LogP contribution >= 0.6 is 0 Å². The molecule has 3 rings (SSSR count). The Morgan fingerprint density at radius 2 is 2.06 bits per heavy atom. The maximum atomic E-state index is 9.14. The van der Waals surface area contributed by atoms with Crippen LogP contribution in [-0.4, -0.2) is 14.7 Å². The van der Waals surface area contributed by atoms with Crippen molar-refractivity contribution in [1.29, 1.82) is 0 Å². The van der Waals surface area contributed by atoms with Gasteiger partial charge in [0.1, 0.15) is 0 Å². The molecular formula is C13H12N2O. The van der Waals surface area contributed by atoms with Gasteiger partial charge in [-0.15, -0.1) is 0 Å². The molecule has 16 heavy (non-hydrogen) atoms. The molecule has 0 atom stereocenters. The van der Waals surface area contributed by atoms with Crippen LogP contribution in [0, 0.1) is 0 Å². The molecule has 0 radical (unpaired) electrons. The monoisotopic (exact) mass is 212 g/mol. The molecule has 3 nitrogen and oxygen atoms in total. The molecule has 0 spiro atoms. The van der Waals surface area contributed by atoms with E-state index in [2.05, 4.69) is 9.55 Å². The number of aliphatic hydroxyl groups is 1. The Bertz CT molecular complexity index is 670. The van der Waals surface area contributed by atoms with Gasteiger partial charge in [-0.1, -0.05) is 12.1 Å². The third kappa shape index (κ3) is 1.15. The number of pyridine rings is 1. The van der Waals surface area contributed by atoms with Gasteiger partial charge in [0.05, 0.1) is 12.1 Å². The summed E-state index contributed by atoms with van der Waals surface area (Å²) in [4.78, 5) is 4.16. The Hall–Kier alpha value is -1.87. The Morgan fingerprint density at radius 1 is 1.19 bits per heavy atom. The first kappa shape index (κ1) is 9.36. The fourth-order valence-electron chi connectivity index (χ4n) is 2.20. The van der Waals surface area contributed by atoms with Crippen LogP contribution in [0.4, 0.5) is 0 Å². The van der Waals surface area contributed by atoms with Crippen LogP contribution in [0.5, 0.6) is 0 Å². The molecule has 0 aliphatic heterocycles. The zero-order chi connectivity index (χ0) is 11.1. The van der Waals surface area contributed by atoms with Crippen molar-refractivity contribution in [2.24, 2.45) is 7.05 Å². The first-order valence-corrected chi connectivity index (χ1v) is 5.23. The van der Waals surface area contributed by atoms with Gasteiger partial charge in [-0.25, -0.2) is 0 Å². The number of rotatable bonds is 1.